The lowest BCUT2D eigenvalue weighted by Crippen LogP contribution is -2.18. The summed E-state index contributed by atoms with van der Waals surface area (Å²) >= 11 is 1.86. The van der Waals surface area contributed by atoms with Crippen LogP contribution in [-0.4, -0.2) is 12.3 Å². The summed E-state index contributed by atoms with van der Waals surface area (Å²) in [5.74, 6) is 2.68. The van der Waals surface area contributed by atoms with E-state index in [1.165, 1.54) is 37.0 Å². The van der Waals surface area contributed by atoms with Crippen LogP contribution in [0.25, 0.3) is 0 Å². The largest absolute Gasteiger partial charge is 0.312 e. The molecule has 0 radical (unpaired) electrons. The van der Waals surface area contributed by atoms with Gasteiger partial charge in [0.25, 0.3) is 0 Å². The lowest BCUT2D eigenvalue weighted by molar-refractivity contribution is 0.552. The molecule has 0 heterocycles. The molecule has 114 valence electrons. The zero-order valence-electron chi connectivity index (χ0n) is 13.2. The van der Waals surface area contributed by atoms with Gasteiger partial charge in [-0.15, -0.1) is 11.8 Å². The van der Waals surface area contributed by atoms with Crippen molar-refractivity contribution in [1.29, 1.82) is 5.26 Å². The van der Waals surface area contributed by atoms with Gasteiger partial charge in [-0.3, -0.25) is 0 Å². The number of nitrogens with zero attached hydrogens (tertiary/aromatic N) is 1. The first kappa shape index (κ1) is 16.4. The van der Waals surface area contributed by atoms with Crippen LogP contribution in [0.5, 0.6) is 0 Å². The second-order valence-electron chi connectivity index (χ2n) is 6.43. The highest BCUT2D eigenvalue weighted by atomic mass is 32.2. The van der Waals surface area contributed by atoms with Gasteiger partial charge in [-0.2, -0.15) is 5.26 Å². The zero-order valence-corrected chi connectivity index (χ0v) is 14.0. The van der Waals surface area contributed by atoms with Crippen molar-refractivity contribution in [2.45, 2.75) is 51.0 Å². The van der Waals surface area contributed by atoms with E-state index in [9.17, 15) is 5.26 Å². The molecule has 0 aromatic heterocycles. The molecular weight excluding hydrogens is 276 g/mol. The molecule has 2 nitrogen and oxygen atoms in total. The summed E-state index contributed by atoms with van der Waals surface area (Å²) in [5, 5.41) is 12.8. The number of nitrogens with one attached hydrogen (secondary N) is 1. The van der Waals surface area contributed by atoms with E-state index in [1.807, 2.05) is 17.8 Å². The highest BCUT2D eigenvalue weighted by Crippen LogP contribution is 2.32. The van der Waals surface area contributed by atoms with Gasteiger partial charge in [0, 0.05) is 17.2 Å². The van der Waals surface area contributed by atoms with Gasteiger partial charge in [0.1, 0.15) is 6.07 Å². The average molecular weight is 302 g/mol. The Labute approximate surface area is 133 Å². The molecule has 1 aromatic carbocycles. The minimum atomic E-state index is 0.654. The van der Waals surface area contributed by atoms with E-state index >= 15 is 0 Å². The van der Waals surface area contributed by atoms with Crippen LogP contribution in [0.15, 0.2) is 23.1 Å². The SMILES string of the molecule is CC(C)CNCc1ccc(SCC2CCCC2)c(C#N)c1. The van der Waals surface area contributed by atoms with E-state index in [-0.39, 0.29) is 0 Å². The first-order chi connectivity index (χ1) is 10.2. The van der Waals surface area contributed by atoms with Gasteiger partial charge in [-0.1, -0.05) is 32.8 Å². The van der Waals surface area contributed by atoms with E-state index in [0.29, 0.717) is 5.92 Å². The summed E-state index contributed by atoms with van der Waals surface area (Å²) in [4.78, 5) is 1.15. The molecule has 2 rings (SSSR count). The number of hydrogen-bond donors (Lipinski definition) is 1. The van der Waals surface area contributed by atoms with Crippen molar-refractivity contribution in [3.63, 3.8) is 0 Å². The summed E-state index contributed by atoms with van der Waals surface area (Å²) in [7, 11) is 0. The van der Waals surface area contributed by atoms with Gasteiger partial charge in [-0.05, 0) is 48.9 Å². The molecule has 0 saturated heterocycles. The molecule has 1 aromatic rings. The fourth-order valence-corrected chi connectivity index (χ4v) is 3.96. The predicted molar refractivity (Wildman–Crippen MR) is 90.4 cm³/mol. The van der Waals surface area contributed by atoms with Crippen molar-refractivity contribution < 1.29 is 0 Å². The van der Waals surface area contributed by atoms with E-state index in [4.69, 9.17) is 0 Å². The molecule has 0 aliphatic heterocycles. The molecule has 1 aliphatic carbocycles. The molecule has 3 heteroatoms. The second kappa shape index (κ2) is 8.46. The summed E-state index contributed by atoms with van der Waals surface area (Å²) in [6, 6.07) is 8.70. The topological polar surface area (TPSA) is 35.8 Å². The van der Waals surface area contributed by atoms with E-state index in [0.717, 1.165) is 29.5 Å². The number of benzene rings is 1. The summed E-state index contributed by atoms with van der Waals surface area (Å²) in [6.45, 7) is 6.27. The van der Waals surface area contributed by atoms with Crippen LogP contribution in [0.1, 0.15) is 50.7 Å². The van der Waals surface area contributed by atoms with E-state index in [2.05, 4.69) is 37.4 Å². The first-order valence-corrected chi connectivity index (χ1v) is 9.04. The molecule has 1 saturated carbocycles. The normalized spacial score (nSPS) is 15.5. The molecule has 0 bridgehead atoms. The van der Waals surface area contributed by atoms with Crippen LogP contribution in [0.2, 0.25) is 0 Å². The summed E-state index contributed by atoms with van der Waals surface area (Å²) in [5.41, 5.74) is 2.04. The van der Waals surface area contributed by atoms with Crippen molar-refractivity contribution in [1.82, 2.24) is 5.32 Å². The lowest BCUT2D eigenvalue weighted by atomic mass is 10.1. The zero-order chi connectivity index (χ0) is 15.1. The second-order valence-corrected chi connectivity index (χ2v) is 7.49. The van der Waals surface area contributed by atoms with E-state index in [1.54, 1.807) is 0 Å². The average Bonchev–Trinajstić information content (AvgIpc) is 2.98. The minimum Gasteiger partial charge on any atom is -0.312 e. The van der Waals surface area contributed by atoms with Gasteiger partial charge in [-0.25, -0.2) is 0 Å². The maximum Gasteiger partial charge on any atom is 0.100 e. The van der Waals surface area contributed by atoms with Crippen LogP contribution in [0, 0.1) is 23.2 Å². The Morgan fingerprint density at radius 2 is 2.10 bits per heavy atom. The van der Waals surface area contributed by atoms with Gasteiger partial charge in [0.2, 0.25) is 0 Å². The molecule has 0 atom stereocenters. The van der Waals surface area contributed by atoms with Crippen molar-refractivity contribution in [3.05, 3.63) is 29.3 Å². The fraction of sp³-hybridized carbons (Fsp3) is 0.611. The number of thioether (sulfide) groups is 1. The third kappa shape index (κ3) is 5.37. The molecule has 1 fully saturated rings. The molecule has 0 amide bonds. The molecular formula is C18H26N2S. The van der Waals surface area contributed by atoms with Crippen LogP contribution in [-0.2, 0) is 6.54 Å². The third-order valence-corrected chi connectivity index (χ3v) is 5.30. The Kier molecular flexibility index (Phi) is 6.60. The van der Waals surface area contributed by atoms with Crippen LogP contribution < -0.4 is 5.32 Å². The van der Waals surface area contributed by atoms with Crippen LogP contribution >= 0.6 is 11.8 Å². The predicted octanol–water partition coefficient (Wildman–Crippen LogP) is 4.59. The molecule has 1 N–H and O–H groups in total. The summed E-state index contributed by atoms with van der Waals surface area (Å²) < 4.78 is 0. The highest BCUT2D eigenvalue weighted by Gasteiger charge is 2.16. The van der Waals surface area contributed by atoms with Crippen molar-refractivity contribution in [3.8, 4) is 6.07 Å². The van der Waals surface area contributed by atoms with E-state index < -0.39 is 0 Å². The first-order valence-electron chi connectivity index (χ1n) is 8.05. The Morgan fingerprint density at radius 3 is 2.76 bits per heavy atom. The Hall–Kier alpha value is -0.980. The van der Waals surface area contributed by atoms with Gasteiger partial charge < -0.3 is 5.32 Å². The third-order valence-electron chi connectivity index (χ3n) is 4.00. The minimum absolute atomic E-state index is 0.654. The van der Waals surface area contributed by atoms with Gasteiger partial charge >= 0.3 is 0 Å². The van der Waals surface area contributed by atoms with Crippen LogP contribution in [0.4, 0.5) is 0 Å². The Morgan fingerprint density at radius 1 is 1.33 bits per heavy atom. The van der Waals surface area contributed by atoms with Crippen LogP contribution in [0.3, 0.4) is 0 Å². The summed E-state index contributed by atoms with van der Waals surface area (Å²) in [6.07, 6.45) is 5.51. The monoisotopic (exact) mass is 302 g/mol. The van der Waals surface area contributed by atoms with Gasteiger partial charge in [0.15, 0.2) is 0 Å². The number of nitriles is 1. The maximum absolute atomic E-state index is 9.36. The molecule has 21 heavy (non-hydrogen) atoms. The van der Waals surface area contributed by atoms with Gasteiger partial charge in [0.05, 0.1) is 5.56 Å². The quantitative estimate of drug-likeness (QED) is 0.749. The molecule has 0 unspecified atom stereocenters. The van der Waals surface area contributed by atoms with Crippen molar-refractivity contribution in [2.75, 3.05) is 12.3 Å². The highest BCUT2D eigenvalue weighted by molar-refractivity contribution is 7.99. The lowest BCUT2D eigenvalue weighted by Gasteiger charge is -2.11. The maximum atomic E-state index is 9.36. The van der Waals surface area contributed by atoms with Crippen molar-refractivity contribution in [2.24, 2.45) is 11.8 Å². The smallest absolute Gasteiger partial charge is 0.100 e. The molecule has 1 aliphatic rings. The standard InChI is InChI=1S/C18H26N2S/c1-14(2)11-20-12-16-7-8-18(17(9-16)10-19)21-13-15-5-3-4-6-15/h7-9,14-15,20H,3-6,11-13H2,1-2H3. The van der Waals surface area contributed by atoms with Crippen molar-refractivity contribution >= 4 is 11.8 Å². The molecule has 0 spiro atoms. The Balaban J connectivity index is 1.91. The number of hydrogen-bond acceptors (Lipinski definition) is 3. The number of rotatable bonds is 7. The fourth-order valence-electron chi connectivity index (χ4n) is 2.79. The Bertz CT molecular complexity index is 484.